The molecule has 4 heterocycles. The molecule has 0 atom stereocenters. The summed E-state index contributed by atoms with van der Waals surface area (Å²) in [5, 5.41) is 9.42. The maximum atomic E-state index is 9.42. The number of aromatic nitrogens is 6. The number of imidazole rings is 2. The van der Waals surface area contributed by atoms with E-state index in [1.54, 1.807) is 6.33 Å². The standard InChI is InChI=1S/C22H27N7O/c1-2-3-8-29-14-25-17-11-16(4-5-18(17)29)19-20-21(24-13-23-20)27-22(26-19)28-9-6-15(12-30)7-10-28/h4-5,11,13-15,30H,2-3,6-10,12H2,1H3,(H,23,24,26,27). The van der Waals surface area contributed by atoms with Gasteiger partial charge in [-0.05, 0) is 37.3 Å². The second-order valence-corrected chi connectivity index (χ2v) is 8.08. The fourth-order valence-electron chi connectivity index (χ4n) is 4.21. The van der Waals surface area contributed by atoms with Crippen LogP contribution in [0.4, 0.5) is 5.95 Å². The highest BCUT2D eigenvalue weighted by molar-refractivity contribution is 5.91. The van der Waals surface area contributed by atoms with Gasteiger partial charge < -0.3 is 19.6 Å². The quantitative estimate of drug-likeness (QED) is 0.511. The summed E-state index contributed by atoms with van der Waals surface area (Å²) in [5.74, 6) is 1.08. The number of hydrogen-bond acceptors (Lipinski definition) is 6. The Balaban J connectivity index is 1.53. The first-order valence-corrected chi connectivity index (χ1v) is 10.8. The molecule has 4 aromatic rings. The van der Waals surface area contributed by atoms with E-state index in [4.69, 9.17) is 4.98 Å². The highest BCUT2D eigenvalue weighted by Gasteiger charge is 2.22. The van der Waals surface area contributed by atoms with Crippen molar-refractivity contribution in [2.24, 2.45) is 5.92 Å². The van der Waals surface area contributed by atoms with E-state index in [1.165, 1.54) is 0 Å². The lowest BCUT2D eigenvalue weighted by atomic mass is 9.98. The van der Waals surface area contributed by atoms with Crippen LogP contribution in [-0.4, -0.2) is 54.3 Å². The number of rotatable bonds is 6. The highest BCUT2D eigenvalue weighted by Crippen LogP contribution is 2.30. The van der Waals surface area contributed by atoms with E-state index >= 15 is 0 Å². The number of hydrogen-bond donors (Lipinski definition) is 2. The van der Waals surface area contributed by atoms with Crippen molar-refractivity contribution in [2.75, 3.05) is 24.6 Å². The zero-order valence-corrected chi connectivity index (χ0v) is 17.3. The van der Waals surface area contributed by atoms with Gasteiger partial charge in [0.2, 0.25) is 5.95 Å². The summed E-state index contributed by atoms with van der Waals surface area (Å²) >= 11 is 0. The molecule has 156 valence electrons. The maximum absolute atomic E-state index is 9.42. The largest absolute Gasteiger partial charge is 0.396 e. The zero-order chi connectivity index (χ0) is 20.5. The van der Waals surface area contributed by atoms with Gasteiger partial charge >= 0.3 is 0 Å². The summed E-state index contributed by atoms with van der Waals surface area (Å²) < 4.78 is 2.21. The molecule has 8 heteroatoms. The summed E-state index contributed by atoms with van der Waals surface area (Å²) in [6.07, 6.45) is 7.80. The van der Waals surface area contributed by atoms with Crippen molar-refractivity contribution in [3.63, 3.8) is 0 Å². The van der Waals surface area contributed by atoms with E-state index in [0.29, 0.717) is 17.5 Å². The van der Waals surface area contributed by atoms with E-state index in [9.17, 15) is 5.11 Å². The fourth-order valence-corrected chi connectivity index (χ4v) is 4.21. The minimum absolute atomic E-state index is 0.253. The second-order valence-electron chi connectivity index (χ2n) is 8.08. The molecule has 2 N–H and O–H groups in total. The van der Waals surface area contributed by atoms with Crippen molar-refractivity contribution in [2.45, 2.75) is 39.2 Å². The molecule has 0 radical (unpaired) electrons. The topological polar surface area (TPSA) is 95.8 Å². The summed E-state index contributed by atoms with van der Waals surface area (Å²) in [5.41, 5.74) is 5.49. The number of H-pyrrole nitrogens is 1. The maximum Gasteiger partial charge on any atom is 0.228 e. The van der Waals surface area contributed by atoms with Crippen LogP contribution in [0, 0.1) is 5.92 Å². The normalized spacial score (nSPS) is 15.5. The van der Waals surface area contributed by atoms with Gasteiger partial charge in [0.05, 0.1) is 23.7 Å². The van der Waals surface area contributed by atoms with Crippen LogP contribution in [0.2, 0.25) is 0 Å². The smallest absolute Gasteiger partial charge is 0.228 e. The molecule has 0 bridgehead atoms. The van der Waals surface area contributed by atoms with Crippen molar-refractivity contribution in [1.29, 1.82) is 0 Å². The number of unbranched alkanes of at least 4 members (excludes halogenated alkanes) is 1. The Morgan fingerprint density at radius 3 is 2.83 bits per heavy atom. The van der Waals surface area contributed by atoms with Crippen LogP contribution in [0.25, 0.3) is 33.5 Å². The molecule has 5 rings (SSSR count). The molecular formula is C22H27N7O. The van der Waals surface area contributed by atoms with E-state index in [1.807, 2.05) is 6.33 Å². The van der Waals surface area contributed by atoms with Crippen LogP contribution in [0.3, 0.4) is 0 Å². The Morgan fingerprint density at radius 1 is 1.17 bits per heavy atom. The number of benzene rings is 1. The second kappa shape index (κ2) is 8.02. The molecule has 1 saturated heterocycles. The molecule has 30 heavy (non-hydrogen) atoms. The summed E-state index contributed by atoms with van der Waals surface area (Å²) in [6.45, 7) is 5.14. The van der Waals surface area contributed by atoms with Gasteiger partial charge in [-0.25, -0.2) is 15.0 Å². The van der Waals surface area contributed by atoms with Crippen molar-refractivity contribution in [3.05, 3.63) is 30.9 Å². The van der Waals surface area contributed by atoms with Gasteiger partial charge in [0.15, 0.2) is 5.65 Å². The first-order chi connectivity index (χ1) is 14.8. The average molecular weight is 406 g/mol. The first kappa shape index (κ1) is 19.0. The third kappa shape index (κ3) is 3.41. The Kier molecular flexibility index (Phi) is 5.08. The highest BCUT2D eigenvalue weighted by atomic mass is 16.3. The first-order valence-electron chi connectivity index (χ1n) is 10.8. The number of fused-ring (bicyclic) bond motifs is 2. The van der Waals surface area contributed by atoms with Crippen LogP contribution in [0.15, 0.2) is 30.9 Å². The van der Waals surface area contributed by atoms with Crippen molar-refractivity contribution >= 4 is 28.1 Å². The third-order valence-corrected chi connectivity index (χ3v) is 6.08. The van der Waals surface area contributed by atoms with Gasteiger partial charge in [-0.1, -0.05) is 19.4 Å². The number of aliphatic hydroxyl groups is 1. The van der Waals surface area contributed by atoms with Crippen LogP contribution in [0.1, 0.15) is 32.6 Å². The van der Waals surface area contributed by atoms with Crippen LogP contribution >= 0.6 is 0 Å². The Labute approximate surface area is 175 Å². The average Bonchev–Trinajstić information content (AvgIpc) is 3.43. The molecule has 0 saturated carbocycles. The van der Waals surface area contributed by atoms with Gasteiger partial charge in [-0.3, -0.25) is 0 Å². The molecule has 0 unspecified atom stereocenters. The lowest BCUT2D eigenvalue weighted by Gasteiger charge is -2.31. The van der Waals surface area contributed by atoms with Gasteiger partial charge in [0, 0.05) is 31.8 Å². The SMILES string of the molecule is CCCCn1cnc2cc(-c3nc(N4CCC(CO)CC4)nc4nc[nH]c34)ccc21. The van der Waals surface area contributed by atoms with Crippen LogP contribution in [0.5, 0.6) is 0 Å². The molecular weight excluding hydrogens is 378 g/mol. The zero-order valence-electron chi connectivity index (χ0n) is 17.3. The fraction of sp³-hybridized carbons (Fsp3) is 0.455. The molecule has 3 aromatic heterocycles. The lowest BCUT2D eigenvalue weighted by molar-refractivity contribution is 0.202. The van der Waals surface area contributed by atoms with E-state index in [0.717, 1.165) is 73.1 Å². The lowest BCUT2D eigenvalue weighted by Crippen LogP contribution is -2.35. The number of anilines is 1. The van der Waals surface area contributed by atoms with Crippen molar-refractivity contribution in [3.8, 4) is 11.3 Å². The Morgan fingerprint density at radius 2 is 2.03 bits per heavy atom. The van der Waals surface area contributed by atoms with E-state index < -0.39 is 0 Å². The predicted molar refractivity (Wildman–Crippen MR) is 117 cm³/mol. The third-order valence-electron chi connectivity index (χ3n) is 6.08. The van der Waals surface area contributed by atoms with E-state index in [-0.39, 0.29) is 6.61 Å². The Bertz CT molecular complexity index is 1160. The molecule has 0 amide bonds. The molecule has 1 aliphatic rings. The molecule has 1 aliphatic heterocycles. The molecule has 1 fully saturated rings. The minimum Gasteiger partial charge on any atom is -0.396 e. The van der Waals surface area contributed by atoms with E-state index in [2.05, 4.69) is 54.5 Å². The number of aromatic amines is 1. The summed E-state index contributed by atoms with van der Waals surface area (Å²) in [4.78, 5) is 24.0. The summed E-state index contributed by atoms with van der Waals surface area (Å²) in [6, 6.07) is 6.34. The molecule has 0 aliphatic carbocycles. The number of nitrogens with zero attached hydrogens (tertiary/aromatic N) is 6. The van der Waals surface area contributed by atoms with Crippen LogP contribution in [-0.2, 0) is 6.54 Å². The molecule has 8 nitrogen and oxygen atoms in total. The minimum atomic E-state index is 0.253. The van der Waals surface area contributed by atoms with Gasteiger partial charge in [0.1, 0.15) is 11.2 Å². The van der Waals surface area contributed by atoms with Gasteiger partial charge in [-0.2, -0.15) is 4.98 Å². The molecule has 0 spiro atoms. The number of nitrogens with one attached hydrogen (secondary N) is 1. The number of piperidine rings is 1. The number of aliphatic hydroxyl groups excluding tert-OH is 1. The van der Waals surface area contributed by atoms with Crippen LogP contribution < -0.4 is 4.90 Å². The molecule has 1 aromatic carbocycles. The van der Waals surface area contributed by atoms with Crippen molar-refractivity contribution < 1.29 is 5.11 Å². The summed E-state index contributed by atoms with van der Waals surface area (Å²) in [7, 11) is 0. The van der Waals surface area contributed by atoms with Crippen molar-refractivity contribution in [1.82, 2.24) is 29.5 Å². The monoisotopic (exact) mass is 405 g/mol. The predicted octanol–water partition coefficient (Wildman–Crippen LogP) is 3.38. The van der Waals surface area contributed by atoms with Gasteiger partial charge in [-0.15, -0.1) is 0 Å². The number of aryl methyl sites for hydroxylation is 1. The van der Waals surface area contributed by atoms with Gasteiger partial charge in [0.25, 0.3) is 0 Å². The Hall–Kier alpha value is -3.00.